The summed E-state index contributed by atoms with van der Waals surface area (Å²) in [5.41, 5.74) is 3.67. The van der Waals surface area contributed by atoms with E-state index in [-0.39, 0.29) is 23.2 Å². The zero-order valence-electron chi connectivity index (χ0n) is 23.5. The van der Waals surface area contributed by atoms with Gasteiger partial charge in [-0.3, -0.25) is 9.69 Å². The normalized spacial score (nSPS) is 20.2. The summed E-state index contributed by atoms with van der Waals surface area (Å²) in [7, 11) is 1.47. The van der Waals surface area contributed by atoms with Crippen molar-refractivity contribution in [1.29, 1.82) is 0 Å². The Balaban J connectivity index is 1.35. The summed E-state index contributed by atoms with van der Waals surface area (Å²) in [6, 6.07) is 11.0. The van der Waals surface area contributed by atoms with Gasteiger partial charge in [0.05, 0.1) is 19.2 Å². The molecule has 1 saturated heterocycles. The molecule has 1 N–H and O–H groups in total. The number of hydrogen-bond donors (Lipinski definition) is 1. The van der Waals surface area contributed by atoms with Gasteiger partial charge in [-0.2, -0.15) is 0 Å². The van der Waals surface area contributed by atoms with Crippen molar-refractivity contribution in [2.45, 2.75) is 64.0 Å². The highest BCUT2D eigenvalue weighted by Gasteiger charge is 2.39. The van der Waals surface area contributed by atoms with E-state index in [1.807, 2.05) is 18.2 Å². The van der Waals surface area contributed by atoms with E-state index in [0.29, 0.717) is 41.3 Å². The van der Waals surface area contributed by atoms with Crippen LogP contribution in [0.3, 0.4) is 0 Å². The highest BCUT2D eigenvalue weighted by Crippen LogP contribution is 2.48. The number of nitrogens with zero attached hydrogens (tertiary/aromatic N) is 2. The lowest BCUT2D eigenvalue weighted by molar-refractivity contribution is -0.142. The van der Waals surface area contributed by atoms with Crippen LogP contribution in [0.25, 0.3) is 11.1 Å². The van der Waals surface area contributed by atoms with Crippen LogP contribution < -0.4 is 9.47 Å². The van der Waals surface area contributed by atoms with Crippen molar-refractivity contribution in [2.24, 2.45) is 11.8 Å². The van der Waals surface area contributed by atoms with Gasteiger partial charge in [0.25, 0.3) is 0 Å². The van der Waals surface area contributed by atoms with Crippen molar-refractivity contribution >= 4 is 5.97 Å². The number of halogens is 2. The standard InChI is InChI=1S/C33H36F2N2O4/c1-19(33(38)39)31(21-6-7-21)22-8-5-20-9-12-28(41-29(20)15-22)24-11-10-23(25-16-30(40-2)36-17-27(25)34)26(32(24)35)18-37-13-3-4-14-37/h5,8,10-11,15-17,19,21,28,31H,3-4,6-7,9,12-14,18H2,1-2H3,(H,38,39)/t19-,28+,31-/m0/s1. The number of hydrogen-bond acceptors (Lipinski definition) is 5. The number of likely N-dealkylation sites (tertiary alicyclic amines) is 1. The van der Waals surface area contributed by atoms with E-state index in [9.17, 15) is 14.3 Å². The maximum absolute atomic E-state index is 16.5. The Bertz CT molecular complexity index is 1450. The van der Waals surface area contributed by atoms with E-state index in [1.165, 1.54) is 13.2 Å². The number of carboxylic acids is 1. The maximum Gasteiger partial charge on any atom is 0.306 e. The van der Waals surface area contributed by atoms with E-state index >= 15 is 4.39 Å². The van der Waals surface area contributed by atoms with E-state index in [4.69, 9.17) is 9.47 Å². The molecule has 0 unspecified atom stereocenters. The Morgan fingerprint density at radius 2 is 1.90 bits per heavy atom. The molecular formula is C33H36F2N2O4. The second-order valence-corrected chi connectivity index (χ2v) is 11.7. The molecule has 3 atom stereocenters. The lowest BCUT2D eigenvalue weighted by Gasteiger charge is -2.30. The maximum atomic E-state index is 16.5. The van der Waals surface area contributed by atoms with Crippen LogP contribution in [0.5, 0.6) is 11.6 Å². The summed E-state index contributed by atoms with van der Waals surface area (Å²) in [4.78, 5) is 18.0. The van der Waals surface area contributed by atoms with Gasteiger partial charge in [-0.25, -0.2) is 13.8 Å². The van der Waals surface area contributed by atoms with Gasteiger partial charge in [0.1, 0.15) is 23.5 Å². The second-order valence-electron chi connectivity index (χ2n) is 11.7. The lowest BCUT2D eigenvalue weighted by Crippen LogP contribution is -2.23. The fourth-order valence-corrected chi connectivity index (χ4v) is 6.59. The van der Waals surface area contributed by atoms with Crippen LogP contribution >= 0.6 is 0 Å². The molecule has 3 heterocycles. The van der Waals surface area contributed by atoms with Gasteiger partial charge < -0.3 is 14.6 Å². The lowest BCUT2D eigenvalue weighted by atomic mass is 9.82. The summed E-state index contributed by atoms with van der Waals surface area (Å²) in [5.74, 6) is -0.943. The molecule has 3 aromatic rings. The number of benzene rings is 2. The third-order valence-electron chi connectivity index (χ3n) is 9.01. The van der Waals surface area contributed by atoms with Gasteiger partial charge in [-0.1, -0.05) is 31.2 Å². The molecule has 2 aliphatic heterocycles. The largest absolute Gasteiger partial charge is 0.485 e. The fraction of sp³-hybridized carbons (Fsp3) is 0.455. The quantitative estimate of drug-likeness (QED) is 0.306. The molecule has 1 saturated carbocycles. The molecular weight excluding hydrogens is 526 g/mol. The predicted molar refractivity (Wildman–Crippen MR) is 151 cm³/mol. The fourth-order valence-electron chi connectivity index (χ4n) is 6.59. The first-order valence-corrected chi connectivity index (χ1v) is 14.6. The summed E-state index contributed by atoms with van der Waals surface area (Å²) < 4.78 is 43.2. The van der Waals surface area contributed by atoms with E-state index in [2.05, 4.69) is 9.88 Å². The van der Waals surface area contributed by atoms with Gasteiger partial charge in [-0.05, 0) is 86.2 Å². The van der Waals surface area contributed by atoms with Crippen LogP contribution in [0.15, 0.2) is 42.6 Å². The second kappa shape index (κ2) is 11.4. The molecule has 1 aromatic heterocycles. The van der Waals surface area contributed by atoms with E-state index < -0.39 is 23.8 Å². The van der Waals surface area contributed by atoms with Crippen molar-refractivity contribution in [3.05, 3.63) is 76.5 Å². The minimum absolute atomic E-state index is 0.0721. The number of rotatable bonds is 9. The smallest absolute Gasteiger partial charge is 0.306 e. The zero-order valence-corrected chi connectivity index (χ0v) is 23.5. The third kappa shape index (κ3) is 5.54. The molecule has 6 rings (SSSR count). The molecule has 216 valence electrons. The van der Waals surface area contributed by atoms with Crippen molar-refractivity contribution in [3.63, 3.8) is 0 Å². The third-order valence-corrected chi connectivity index (χ3v) is 9.01. The average Bonchev–Trinajstić information content (AvgIpc) is 3.67. The van der Waals surface area contributed by atoms with Crippen LogP contribution in [0, 0.1) is 23.5 Å². The minimum atomic E-state index is -0.797. The molecule has 2 fully saturated rings. The first-order chi connectivity index (χ1) is 19.8. The van der Waals surface area contributed by atoms with E-state index in [0.717, 1.165) is 62.5 Å². The zero-order chi connectivity index (χ0) is 28.7. The number of carbonyl (C=O) groups is 1. The highest BCUT2D eigenvalue weighted by molar-refractivity contribution is 5.71. The van der Waals surface area contributed by atoms with Gasteiger partial charge in [-0.15, -0.1) is 0 Å². The average molecular weight is 563 g/mol. The molecule has 0 amide bonds. The van der Waals surface area contributed by atoms with Crippen LogP contribution in [0.4, 0.5) is 8.78 Å². The van der Waals surface area contributed by atoms with Gasteiger partial charge >= 0.3 is 5.97 Å². The van der Waals surface area contributed by atoms with Crippen LogP contribution in [0.2, 0.25) is 0 Å². The van der Waals surface area contributed by atoms with Crippen LogP contribution in [0.1, 0.15) is 73.3 Å². The minimum Gasteiger partial charge on any atom is -0.485 e. The van der Waals surface area contributed by atoms with Gasteiger partial charge in [0.15, 0.2) is 0 Å². The topological polar surface area (TPSA) is 71.9 Å². The predicted octanol–water partition coefficient (Wildman–Crippen LogP) is 6.91. The number of ether oxygens (including phenoxy) is 2. The van der Waals surface area contributed by atoms with Crippen molar-refractivity contribution in [2.75, 3.05) is 20.2 Å². The summed E-state index contributed by atoms with van der Waals surface area (Å²) >= 11 is 0. The Hall–Kier alpha value is -3.52. The summed E-state index contributed by atoms with van der Waals surface area (Å²) in [6.07, 6.45) is 6.12. The SMILES string of the molecule is COc1cc(-c2ccc([C@H]3CCc4ccc([C@H](C5CC5)[C@H](C)C(=O)O)cc4O3)c(F)c2CN2CCCC2)c(F)cn1. The Morgan fingerprint density at radius 1 is 1.12 bits per heavy atom. The number of aromatic nitrogens is 1. The molecule has 0 radical (unpaired) electrons. The first-order valence-electron chi connectivity index (χ1n) is 14.6. The first kappa shape index (κ1) is 27.6. The summed E-state index contributed by atoms with van der Waals surface area (Å²) in [5, 5.41) is 9.72. The molecule has 6 nitrogen and oxygen atoms in total. The molecule has 0 spiro atoms. The number of aliphatic carboxylic acids is 1. The number of pyridine rings is 1. The summed E-state index contributed by atoms with van der Waals surface area (Å²) in [6.45, 7) is 3.90. The number of methoxy groups -OCH3 is 1. The van der Waals surface area contributed by atoms with Crippen LogP contribution in [-0.2, 0) is 17.8 Å². The molecule has 2 aromatic carbocycles. The van der Waals surface area contributed by atoms with Gasteiger partial charge in [0.2, 0.25) is 5.88 Å². The number of carboxylic acid groups (broad SMARTS) is 1. The van der Waals surface area contributed by atoms with Crippen LogP contribution in [-0.4, -0.2) is 41.2 Å². The van der Waals surface area contributed by atoms with Crippen molar-refractivity contribution in [1.82, 2.24) is 9.88 Å². The van der Waals surface area contributed by atoms with Gasteiger partial charge in [0, 0.05) is 29.3 Å². The Kier molecular flexibility index (Phi) is 7.68. The molecule has 0 bridgehead atoms. The molecule has 1 aliphatic carbocycles. The monoisotopic (exact) mass is 562 g/mol. The van der Waals surface area contributed by atoms with Crippen molar-refractivity contribution in [3.8, 4) is 22.8 Å². The highest BCUT2D eigenvalue weighted by atomic mass is 19.1. The number of aryl methyl sites for hydroxylation is 1. The molecule has 41 heavy (non-hydrogen) atoms. The number of fused-ring (bicyclic) bond motifs is 1. The van der Waals surface area contributed by atoms with Crippen molar-refractivity contribution < 1.29 is 28.2 Å². The molecule has 3 aliphatic rings. The van der Waals surface area contributed by atoms with E-state index in [1.54, 1.807) is 19.1 Å². The Morgan fingerprint density at radius 3 is 2.61 bits per heavy atom. The Labute approximate surface area is 239 Å². The molecule has 8 heteroatoms.